The zero-order valence-corrected chi connectivity index (χ0v) is 12.7. The van der Waals surface area contributed by atoms with Gasteiger partial charge in [0, 0.05) is 18.4 Å². The third-order valence-electron chi connectivity index (χ3n) is 3.12. The number of anilines is 1. The second kappa shape index (κ2) is 6.68. The average molecular weight is 334 g/mol. The number of benzene rings is 2. The van der Waals surface area contributed by atoms with Crippen LogP contribution in [0.25, 0.3) is 0 Å². The molecule has 0 fully saturated rings. The van der Waals surface area contributed by atoms with Crippen LogP contribution >= 0.6 is 15.9 Å². The maximum atomic E-state index is 12.5. The molecule has 104 valence electrons. The second-order valence-electron chi connectivity index (χ2n) is 4.42. The van der Waals surface area contributed by atoms with E-state index in [1.807, 2.05) is 30.3 Å². The number of methoxy groups -OCH3 is 1. The molecule has 2 aromatic rings. The van der Waals surface area contributed by atoms with E-state index in [4.69, 9.17) is 10.5 Å². The summed E-state index contributed by atoms with van der Waals surface area (Å²) in [4.78, 5) is 12.0. The highest BCUT2D eigenvalue weighted by Gasteiger charge is 2.28. The van der Waals surface area contributed by atoms with E-state index in [0.29, 0.717) is 11.3 Å². The maximum absolute atomic E-state index is 12.5. The van der Waals surface area contributed by atoms with E-state index in [-0.39, 0.29) is 11.9 Å². The molecule has 0 spiro atoms. The summed E-state index contributed by atoms with van der Waals surface area (Å²) in [6, 6.07) is 16.7. The molecule has 0 amide bonds. The van der Waals surface area contributed by atoms with Crippen molar-refractivity contribution in [1.29, 1.82) is 0 Å². The Hall–Kier alpha value is -1.65. The van der Waals surface area contributed by atoms with Gasteiger partial charge in [0.15, 0.2) is 5.78 Å². The number of ketones is 1. The highest BCUT2D eigenvalue weighted by Crippen LogP contribution is 2.29. The summed E-state index contributed by atoms with van der Waals surface area (Å²) in [5.41, 5.74) is 7.78. The van der Waals surface area contributed by atoms with E-state index in [0.717, 1.165) is 5.56 Å². The number of hydrogen-bond acceptors (Lipinski definition) is 3. The molecule has 0 aliphatic heterocycles. The number of halogens is 1. The van der Waals surface area contributed by atoms with Crippen molar-refractivity contribution < 1.29 is 9.53 Å². The highest BCUT2D eigenvalue weighted by molar-refractivity contribution is 9.10. The molecule has 0 saturated heterocycles. The number of para-hydroxylation sites is 1. The normalized spacial score (nSPS) is 13.7. The molecule has 0 saturated carbocycles. The first-order chi connectivity index (χ1) is 9.65. The number of ether oxygens (including phenoxy) is 1. The minimum absolute atomic E-state index is 0.0844. The SMILES string of the molecule is COC(c1ccccc1)C(Br)C(=O)c1ccccc1N. The molecule has 2 aromatic carbocycles. The van der Waals surface area contributed by atoms with Crippen LogP contribution in [-0.4, -0.2) is 17.7 Å². The monoisotopic (exact) mass is 333 g/mol. The van der Waals surface area contributed by atoms with Crippen molar-refractivity contribution in [1.82, 2.24) is 0 Å². The third-order valence-corrected chi connectivity index (χ3v) is 4.02. The van der Waals surface area contributed by atoms with Crippen molar-refractivity contribution >= 4 is 27.4 Å². The lowest BCUT2D eigenvalue weighted by Gasteiger charge is -2.21. The first kappa shape index (κ1) is 14.8. The Morgan fingerprint density at radius 1 is 1.10 bits per heavy atom. The summed E-state index contributed by atoms with van der Waals surface area (Å²) in [5, 5.41) is 0. The van der Waals surface area contributed by atoms with Gasteiger partial charge in [-0.1, -0.05) is 58.4 Å². The Kier molecular flexibility index (Phi) is 4.93. The summed E-state index contributed by atoms with van der Waals surface area (Å²) in [6.45, 7) is 0. The van der Waals surface area contributed by atoms with Crippen molar-refractivity contribution in [2.24, 2.45) is 0 Å². The zero-order valence-electron chi connectivity index (χ0n) is 11.1. The Labute approximate surface area is 126 Å². The third kappa shape index (κ3) is 3.08. The lowest BCUT2D eigenvalue weighted by molar-refractivity contribution is 0.0770. The van der Waals surface area contributed by atoms with Crippen LogP contribution in [0.2, 0.25) is 0 Å². The van der Waals surface area contributed by atoms with E-state index >= 15 is 0 Å². The fourth-order valence-electron chi connectivity index (χ4n) is 2.07. The number of nitrogen functional groups attached to an aromatic ring is 1. The summed E-state index contributed by atoms with van der Waals surface area (Å²) >= 11 is 3.45. The van der Waals surface area contributed by atoms with Gasteiger partial charge >= 0.3 is 0 Å². The Bertz CT molecular complexity index is 586. The number of carbonyl (C=O) groups is 1. The summed E-state index contributed by atoms with van der Waals surface area (Å²) in [7, 11) is 1.59. The second-order valence-corrected chi connectivity index (χ2v) is 5.41. The first-order valence-corrected chi connectivity index (χ1v) is 7.17. The number of Topliss-reactive ketones (excluding diaryl/α,β-unsaturated/α-hetero) is 1. The van der Waals surface area contributed by atoms with Gasteiger partial charge in [0.05, 0.1) is 0 Å². The molecule has 2 atom stereocenters. The molecule has 3 nitrogen and oxygen atoms in total. The number of rotatable bonds is 5. The highest BCUT2D eigenvalue weighted by atomic mass is 79.9. The zero-order chi connectivity index (χ0) is 14.5. The van der Waals surface area contributed by atoms with E-state index in [1.54, 1.807) is 31.4 Å². The molecule has 0 aromatic heterocycles. The van der Waals surface area contributed by atoms with Crippen LogP contribution in [0.15, 0.2) is 54.6 Å². The largest absolute Gasteiger partial charge is 0.398 e. The van der Waals surface area contributed by atoms with Crippen LogP contribution in [0.4, 0.5) is 5.69 Å². The van der Waals surface area contributed by atoms with Gasteiger partial charge in [-0.2, -0.15) is 0 Å². The van der Waals surface area contributed by atoms with Gasteiger partial charge in [-0.25, -0.2) is 0 Å². The summed E-state index contributed by atoms with van der Waals surface area (Å²) in [6.07, 6.45) is -0.358. The molecule has 2 N–H and O–H groups in total. The molecule has 0 aliphatic rings. The van der Waals surface area contributed by atoms with E-state index in [1.165, 1.54) is 0 Å². The fraction of sp³-hybridized carbons (Fsp3) is 0.188. The Morgan fingerprint density at radius 3 is 2.30 bits per heavy atom. The van der Waals surface area contributed by atoms with Crippen molar-refractivity contribution in [2.45, 2.75) is 10.9 Å². The number of nitrogens with two attached hydrogens (primary N) is 1. The first-order valence-electron chi connectivity index (χ1n) is 6.25. The van der Waals surface area contributed by atoms with Gasteiger partial charge < -0.3 is 10.5 Å². The van der Waals surface area contributed by atoms with Gasteiger partial charge in [-0.3, -0.25) is 4.79 Å². The van der Waals surface area contributed by atoms with Gasteiger partial charge in [0.2, 0.25) is 0 Å². The van der Waals surface area contributed by atoms with Crippen LogP contribution in [-0.2, 0) is 4.74 Å². The molecular formula is C16H16BrNO2. The van der Waals surface area contributed by atoms with Crippen molar-refractivity contribution in [3.63, 3.8) is 0 Å². The standard InChI is InChI=1S/C16H16BrNO2/c1-20-16(11-7-3-2-4-8-11)14(17)15(19)12-9-5-6-10-13(12)18/h2-10,14,16H,18H2,1H3. The molecule has 4 heteroatoms. The van der Waals surface area contributed by atoms with Crippen molar-refractivity contribution in [3.05, 3.63) is 65.7 Å². The maximum Gasteiger partial charge on any atom is 0.181 e. The number of carbonyl (C=O) groups excluding carboxylic acids is 1. The average Bonchev–Trinajstić information content (AvgIpc) is 2.49. The van der Waals surface area contributed by atoms with E-state index in [2.05, 4.69) is 15.9 Å². The number of hydrogen-bond donors (Lipinski definition) is 1. The fourth-order valence-corrected chi connectivity index (χ4v) is 2.84. The smallest absolute Gasteiger partial charge is 0.181 e. The molecule has 2 unspecified atom stereocenters. The predicted octanol–water partition coefficient (Wildman–Crippen LogP) is 3.60. The van der Waals surface area contributed by atoms with Crippen LogP contribution in [0.3, 0.4) is 0 Å². The number of alkyl halides is 1. The summed E-state index contributed by atoms with van der Waals surface area (Å²) < 4.78 is 5.47. The lowest BCUT2D eigenvalue weighted by Crippen LogP contribution is -2.24. The van der Waals surface area contributed by atoms with Crippen molar-refractivity contribution in [2.75, 3.05) is 12.8 Å². The lowest BCUT2D eigenvalue weighted by atomic mass is 9.99. The molecular weight excluding hydrogens is 318 g/mol. The van der Waals surface area contributed by atoms with Crippen LogP contribution in [0.1, 0.15) is 22.0 Å². The molecule has 2 rings (SSSR count). The van der Waals surface area contributed by atoms with Gasteiger partial charge in [-0.05, 0) is 17.7 Å². The summed E-state index contributed by atoms with van der Waals surface area (Å²) in [5.74, 6) is -0.0844. The molecule has 0 aliphatic carbocycles. The Morgan fingerprint density at radius 2 is 1.70 bits per heavy atom. The Balaban J connectivity index is 2.28. The predicted molar refractivity (Wildman–Crippen MR) is 84.1 cm³/mol. The molecule has 20 heavy (non-hydrogen) atoms. The minimum atomic E-state index is -0.486. The molecule has 0 heterocycles. The molecule has 0 bridgehead atoms. The van der Waals surface area contributed by atoms with Crippen molar-refractivity contribution in [3.8, 4) is 0 Å². The van der Waals surface area contributed by atoms with Crippen LogP contribution in [0.5, 0.6) is 0 Å². The molecule has 0 radical (unpaired) electrons. The van der Waals surface area contributed by atoms with E-state index in [9.17, 15) is 4.79 Å². The van der Waals surface area contributed by atoms with Crippen LogP contribution in [0, 0.1) is 0 Å². The topological polar surface area (TPSA) is 52.3 Å². The van der Waals surface area contributed by atoms with Gasteiger partial charge in [0.1, 0.15) is 10.9 Å². The van der Waals surface area contributed by atoms with E-state index < -0.39 is 4.83 Å². The van der Waals surface area contributed by atoms with Gasteiger partial charge in [-0.15, -0.1) is 0 Å². The van der Waals surface area contributed by atoms with Crippen LogP contribution < -0.4 is 5.73 Å². The minimum Gasteiger partial charge on any atom is -0.398 e. The van der Waals surface area contributed by atoms with Gasteiger partial charge in [0.25, 0.3) is 0 Å². The quantitative estimate of drug-likeness (QED) is 0.516.